The van der Waals surface area contributed by atoms with E-state index in [2.05, 4.69) is 108 Å². The average molecular weight is 391 g/mol. The number of hydrogen-bond acceptors (Lipinski definition) is 1. The highest BCUT2D eigenvalue weighted by atomic mass is 15.3. The van der Waals surface area contributed by atoms with Gasteiger partial charge in [-0.3, -0.25) is 0 Å². The van der Waals surface area contributed by atoms with Crippen LogP contribution in [-0.4, -0.2) is 24.0 Å². The van der Waals surface area contributed by atoms with Crippen molar-refractivity contribution >= 4 is 17.7 Å². The Labute approximate surface area is 178 Å². The second-order valence-corrected chi connectivity index (χ2v) is 9.59. The minimum Gasteiger partial charge on any atom is -0.216 e. The molecule has 2 heteroatoms. The Morgan fingerprint density at radius 2 is 1.10 bits per heavy atom. The van der Waals surface area contributed by atoms with E-state index in [9.17, 15) is 0 Å². The molecule has 29 heavy (non-hydrogen) atoms. The number of para-hydroxylation sites is 2. The second-order valence-electron chi connectivity index (χ2n) is 9.59. The predicted molar refractivity (Wildman–Crippen MR) is 126 cm³/mol. The molecule has 0 amide bonds. The maximum atomic E-state index is 3.77. The molecule has 0 unspecified atom stereocenters. The molecule has 0 aromatic heterocycles. The van der Waals surface area contributed by atoms with Gasteiger partial charge >= 0.3 is 6.34 Å². The molecular weight excluding hydrogens is 352 g/mol. The molecule has 0 N–H and O–H groups in total. The predicted octanol–water partition coefficient (Wildman–Crippen LogP) is 7.25. The van der Waals surface area contributed by atoms with E-state index in [1.807, 2.05) is 0 Å². The van der Waals surface area contributed by atoms with Crippen LogP contribution in [0.25, 0.3) is 0 Å². The number of nitrogens with zero attached hydrogens (tertiary/aromatic N) is 2. The Bertz CT molecular complexity index is 835. The first-order valence-corrected chi connectivity index (χ1v) is 11.3. The van der Waals surface area contributed by atoms with Crippen molar-refractivity contribution < 1.29 is 4.58 Å². The maximum Gasteiger partial charge on any atom is 0.374 e. The average Bonchev–Trinajstić information content (AvgIpc) is 3.15. The maximum absolute atomic E-state index is 3.77. The number of benzene rings is 2. The summed E-state index contributed by atoms with van der Waals surface area (Å²) in [7, 11) is 0. The summed E-state index contributed by atoms with van der Waals surface area (Å²) in [5, 5.41) is 0. The first-order chi connectivity index (χ1) is 13.7. The van der Waals surface area contributed by atoms with Gasteiger partial charge in [0.05, 0.1) is 0 Å². The molecule has 3 rings (SSSR count). The first kappa shape index (κ1) is 21.6. The molecule has 0 saturated carbocycles. The SMILES string of the molecule is CC(C)c1cccc(C(C)C)c1N1[C]=[N+](c2c(C(C)C)cccc2C(C)C)CC1. The Kier molecular flexibility index (Phi) is 6.51. The van der Waals surface area contributed by atoms with Gasteiger partial charge in [-0.05, 0) is 23.7 Å². The van der Waals surface area contributed by atoms with E-state index in [0.717, 1.165) is 13.1 Å². The third-order valence-electron chi connectivity index (χ3n) is 6.01. The van der Waals surface area contributed by atoms with E-state index in [4.69, 9.17) is 0 Å². The minimum absolute atomic E-state index is 0.494. The topological polar surface area (TPSA) is 6.25 Å². The molecule has 1 radical (unpaired) electrons. The Morgan fingerprint density at radius 3 is 1.52 bits per heavy atom. The van der Waals surface area contributed by atoms with Crippen molar-refractivity contribution in [1.29, 1.82) is 0 Å². The van der Waals surface area contributed by atoms with Crippen molar-refractivity contribution in [3.63, 3.8) is 0 Å². The molecule has 0 aliphatic carbocycles. The van der Waals surface area contributed by atoms with Crippen LogP contribution in [0.5, 0.6) is 0 Å². The Balaban J connectivity index is 2.15. The van der Waals surface area contributed by atoms with Gasteiger partial charge in [-0.15, -0.1) is 0 Å². The minimum atomic E-state index is 0.494. The van der Waals surface area contributed by atoms with Crippen LogP contribution in [0.2, 0.25) is 0 Å². The summed E-state index contributed by atoms with van der Waals surface area (Å²) >= 11 is 0. The van der Waals surface area contributed by atoms with Crippen LogP contribution >= 0.6 is 0 Å². The quantitative estimate of drug-likeness (QED) is 0.471. The van der Waals surface area contributed by atoms with Crippen molar-refractivity contribution in [2.24, 2.45) is 0 Å². The smallest absolute Gasteiger partial charge is 0.216 e. The zero-order chi connectivity index (χ0) is 21.3. The molecule has 2 nitrogen and oxygen atoms in total. The van der Waals surface area contributed by atoms with Crippen LogP contribution in [0.1, 0.15) is 101 Å². The summed E-state index contributed by atoms with van der Waals surface area (Å²) in [5.74, 6) is 1.98. The van der Waals surface area contributed by atoms with Crippen molar-refractivity contribution in [2.75, 3.05) is 18.0 Å². The zero-order valence-corrected chi connectivity index (χ0v) is 19.6. The van der Waals surface area contributed by atoms with Gasteiger partial charge in [0, 0.05) is 22.3 Å². The molecule has 0 spiro atoms. The molecule has 1 aliphatic heterocycles. The highest BCUT2D eigenvalue weighted by molar-refractivity contribution is 5.82. The van der Waals surface area contributed by atoms with Gasteiger partial charge in [0.2, 0.25) is 0 Å². The zero-order valence-electron chi connectivity index (χ0n) is 19.6. The molecule has 0 saturated heterocycles. The van der Waals surface area contributed by atoms with Gasteiger partial charge < -0.3 is 0 Å². The fraction of sp³-hybridized carbons (Fsp3) is 0.519. The molecular formula is C27H38N2+. The van der Waals surface area contributed by atoms with Crippen molar-refractivity contribution in [3.8, 4) is 0 Å². The Hall–Kier alpha value is -2.09. The summed E-state index contributed by atoms with van der Waals surface area (Å²) in [6.45, 7) is 20.3. The molecule has 1 aliphatic rings. The van der Waals surface area contributed by atoms with E-state index in [0.29, 0.717) is 23.7 Å². The fourth-order valence-electron chi connectivity index (χ4n) is 4.42. The lowest BCUT2D eigenvalue weighted by Crippen LogP contribution is -2.22. The number of anilines is 1. The highest BCUT2D eigenvalue weighted by Crippen LogP contribution is 2.38. The number of rotatable bonds is 6. The molecule has 155 valence electrons. The van der Waals surface area contributed by atoms with Crippen molar-refractivity contribution in [1.82, 2.24) is 0 Å². The molecule has 1 heterocycles. The monoisotopic (exact) mass is 390 g/mol. The van der Waals surface area contributed by atoms with Crippen LogP contribution in [0.4, 0.5) is 11.4 Å². The molecule has 0 fully saturated rings. The molecule has 2 aromatic rings. The summed E-state index contributed by atoms with van der Waals surface area (Å²) < 4.78 is 2.38. The number of hydrogen-bond donors (Lipinski definition) is 0. The Morgan fingerprint density at radius 1 is 0.690 bits per heavy atom. The molecule has 2 aromatic carbocycles. The van der Waals surface area contributed by atoms with Crippen molar-refractivity contribution in [2.45, 2.75) is 79.1 Å². The third kappa shape index (κ3) is 4.27. The highest BCUT2D eigenvalue weighted by Gasteiger charge is 2.32. The lowest BCUT2D eigenvalue weighted by molar-refractivity contribution is -0.425. The molecule has 0 atom stereocenters. The first-order valence-electron chi connectivity index (χ1n) is 11.3. The summed E-state index contributed by atoms with van der Waals surface area (Å²) in [6.07, 6.45) is 3.77. The summed E-state index contributed by atoms with van der Waals surface area (Å²) in [5.41, 5.74) is 8.43. The third-order valence-corrected chi connectivity index (χ3v) is 6.01. The van der Waals surface area contributed by atoms with Crippen LogP contribution in [0, 0.1) is 0 Å². The van der Waals surface area contributed by atoms with Crippen molar-refractivity contribution in [3.05, 3.63) is 58.7 Å². The van der Waals surface area contributed by atoms with E-state index < -0.39 is 0 Å². The van der Waals surface area contributed by atoms with Crippen LogP contribution in [0.3, 0.4) is 0 Å². The summed E-state index contributed by atoms with van der Waals surface area (Å²) in [4.78, 5) is 2.38. The van der Waals surface area contributed by atoms with Gasteiger partial charge in [0.1, 0.15) is 24.5 Å². The summed E-state index contributed by atoms with van der Waals surface area (Å²) in [6, 6.07) is 13.6. The van der Waals surface area contributed by atoms with Gasteiger partial charge in [0.15, 0.2) is 0 Å². The van der Waals surface area contributed by atoms with Crippen LogP contribution < -0.4 is 4.90 Å². The van der Waals surface area contributed by atoms with Crippen LogP contribution in [-0.2, 0) is 0 Å². The molecule has 0 bridgehead atoms. The van der Waals surface area contributed by atoms with Gasteiger partial charge in [-0.2, -0.15) is 0 Å². The van der Waals surface area contributed by atoms with Crippen LogP contribution in [0.15, 0.2) is 36.4 Å². The van der Waals surface area contributed by atoms with Gasteiger partial charge in [-0.1, -0.05) is 91.8 Å². The van der Waals surface area contributed by atoms with E-state index >= 15 is 0 Å². The lowest BCUT2D eigenvalue weighted by Gasteiger charge is -2.20. The largest absolute Gasteiger partial charge is 0.374 e. The standard InChI is InChI=1S/C27H38N2/c1-18(2)22-11-9-12-23(19(3)4)26(22)28-15-16-29(17-28)27-24(20(5)6)13-10-14-25(27)21(7)8/h9-14,18-21H,15-16H2,1-8H3/q+1. The van der Waals surface area contributed by atoms with E-state index in [-0.39, 0.29) is 0 Å². The van der Waals surface area contributed by atoms with Gasteiger partial charge in [-0.25, -0.2) is 9.48 Å². The second kappa shape index (κ2) is 8.73. The normalized spacial score (nSPS) is 14.6. The van der Waals surface area contributed by atoms with E-state index in [1.165, 1.54) is 33.6 Å². The van der Waals surface area contributed by atoms with E-state index in [1.54, 1.807) is 0 Å². The lowest BCUT2D eigenvalue weighted by atomic mass is 9.92. The fourth-order valence-corrected chi connectivity index (χ4v) is 4.42. The van der Waals surface area contributed by atoms with Gasteiger partial charge in [0.25, 0.3) is 0 Å².